The van der Waals surface area contributed by atoms with Crippen LogP contribution in [0.2, 0.25) is 0 Å². The van der Waals surface area contributed by atoms with E-state index < -0.39 is 0 Å². The molecule has 18 heavy (non-hydrogen) atoms. The predicted molar refractivity (Wildman–Crippen MR) is 78.8 cm³/mol. The highest BCUT2D eigenvalue weighted by atomic mass is 15.0. The molecule has 1 aliphatic heterocycles. The Morgan fingerprint density at radius 3 is 2.33 bits per heavy atom. The van der Waals surface area contributed by atoms with E-state index in [1.807, 2.05) is 0 Å². The number of hydrogen-bond donors (Lipinski definition) is 2. The standard InChI is InChI=1S/C16H32N2/c1-12(2)13(3)18-16-10-5-4-8-14(16)15-9-6-7-11-17-15/h12-18H,4-11H2,1-3H3. The molecule has 1 saturated carbocycles. The highest BCUT2D eigenvalue weighted by Crippen LogP contribution is 2.31. The molecule has 4 atom stereocenters. The van der Waals surface area contributed by atoms with Crippen LogP contribution in [0, 0.1) is 11.8 Å². The van der Waals surface area contributed by atoms with Gasteiger partial charge in [-0.05, 0) is 51.0 Å². The van der Waals surface area contributed by atoms with Crippen molar-refractivity contribution in [3.05, 3.63) is 0 Å². The Morgan fingerprint density at radius 1 is 0.944 bits per heavy atom. The van der Waals surface area contributed by atoms with Gasteiger partial charge in [-0.3, -0.25) is 0 Å². The first-order valence-corrected chi connectivity index (χ1v) is 8.18. The smallest absolute Gasteiger partial charge is 0.0113 e. The summed E-state index contributed by atoms with van der Waals surface area (Å²) in [6.45, 7) is 8.25. The van der Waals surface area contributed by atoms with Crippen LogP contribution in [-0.2, 0) is 0 Å². The van der Waals surface area contributed by atoms with Crippen molar-refractivity contribution in [2.45, 2.75) is 83.8 Å². The number of hydrogen-bond acceptors (Lipinski definition) is 2. The maximum atomic E-state index is 3.93. The van der Waals surface area contributed by atoms with Crippen LogP contribution >= 0.6 is 0 Å². The molecule has 0 spiro atoms. The van der Waals surface area contributed by atoms with Gasteiger partial charge in [-0.2, -0.15) is 0 Å². The summed E-state index contributed by atoms with van der Waals surface area (Å²) in [6.07, 6.45) is 9.89. The van der Waals surface area contributed by atoms with Gasteiger partial charge in [-0.15, -0.1) is 0 Å². The lowest BCUT2D eigenvalue weighted by Crippen LogP contribution is -2.53. The normalized spacial score (nSPS) is 35.7. The molecule has 1 heterocycles. The molecule has 2 aliphatic rings. The Bertz CT molecular complexity index is 233. The topological polar surface area (TPSA) is 24.1 Å². The van der Waals surface area contributed by atoms with Gasteiger partial charge in [0, 0.05) is 18.1 Å². The highest BCUT2D eigenvalue weighted by Gasteiger charge is 2.33. The van der Waals surface area contributed by atoms with Crippen molar-refractivity contribution in [1.29, 1.82) is 0 Å². The maximum absolute atomic E-state index is 3.93. The summed E-state index contributed by atoms with van der Waals surface area (Å²) in [5, 5.41) is 7.71. The predicted octanol–water partition coefficient (Wildman–Crippen LogP) is 3.32. The molecular weight excluding hydrogens is 220 g/mol. The number of nitrogens with one attached hydrogen (secondary N) is 2. The molecule has 2 nitrogen and oxygen atoms in total. The first-order valence-electron chi connectivity index (χ1n) is 8.18. The quantitative estimate of drug-likeness (QED) is 0.802. The minimum Gasteiger partial charge on any atom is -0.314 e. The summed E-state index contributed by atoms with van der Waals surface area (Å²) in [6, 6.07) is 2.20. The van der Waals surface area contributed by atoms with Crippen LogP contribution in [0.25, 0.3) is 0 Å². The van der Waals surface area contributed by atoms with Crippen LogP contribution in [0.15, 0.2) is 0 Å². The van der Waals surface area contributed by atoms with Crippen LogP contribution in [0.5, 0.6) is 0 Å². The summed E-state index contributed by atoms with van der Waals surface area (Å²) in [7, 11) is 0. The molecule has 106 valence electrons. The summed E-state index contributed by atoms with van der Waals surface area (Å²) >= 11 is 0. The monoisotopic (exact) mass is 252 g/mol. The molecule has 2 rings (SSSR count). The van der Waals surface area contributed by atoms with Gasteiger partial charge in [0.15, 0.2) is 0 Å². The second-order valence-electron chi connectivity index (χ2n) is 6.81. The molecule has 0 aromatic rings. The van der Waals surface area contributed by atoms with E-state index in [1.165, 1.54) is 51.5 Å². The molecule has 4 unspecified atom stereocenters. The molecule has 2 fully saturated rings. The van der Waals surface area contributed by atoms with Gasteiger partial charge in [-0.25, -0.2) is 0 Å². The van der Waals surface area contributed by atoms with E-state index in [9.17, 15) is 0 Å². The Balaban J connectivity index is 1.92. The molecule has 0 amide bonds. The average Bonchev–Trinajstić information content (AvgIpc) is 2.40. The molecule has 2 heteroatoms. The zero-order valence-electron chi connectivity index (χ0n) is 12.5. The van der Waals surface area contributed by atoms with E-state index in [1.54, 1.807) is 0 Å². The summed E-state index contributed by atoms with van der Waals surface area (Å²) in [4.78, 5) is 0. The minimum absolute atomic E-state index is 0.652. The summed E-state index contributed by atoms with van der Waals surface area (Å²) in [5.74, 6) is 1.62. The third-order valence-electron chi connectivity index (χ3n) is 5.16. The molecule has 2 N–H and O–H groups in total. The van der Waals surface area contributed by atoms with Gasteiger partial charge in [-0.1, -0.05) is 33.1 Å². The molecule has 0 aromatic carbocycles. The van der Waals surface area contributed by atoms with Gasteiger partial charge < -0.3 is 10.6 Å². The van der Waals surface area contributed by atoms with Crippen molar-refractivity contribution in [3.8, 4) is 0 Å². The van der Waals surface area contributed by atoms with Crippen LogP contribution in [0.1, 0.15) is 65.7 Å². The Labute approximate surface area is 113 Å². The summed E-state index contributed by atoms with van der Waals surface area (Å²) in [5.41, 5.74) is 0. The van der Waals surface area contributed by atoms with E-state index in [0.29, 0.717) is 6.04 Å². The second kappa shape index (κ2) is 6.91. The largest absolute Gasteiger partial charge is 0.314 e. The fourth-order valence-electron chi connectivity index (χ4n) is 3.62. The zero-order chi connectivity index (χ0) is 13.0. The van der Waals surface area contributed by atoms with Crippen LogP contribution < -0.4 is 10.6 Å². The van der Waals surface area contributed by atoms with Crippen LogP contribution in [-0.4, -0.2) is 24.7 Å². The molecule has 0 bridgehead atoms. The van der Waals surface area contributed by atoms with Crippen molar-refractivity contribution in [2.24, 2.45) is 11.8 Å². The Morgan fingerprint density at radius 2 is 1.67 bits per heavy atom. The van der Waals surface area contributed by atoms with Gasteiger partial charge in [0.25, 0.3) is 0 Å². The van der Waals surface area contributed by atoms with E-state index in [2.05, 4.69) is 31.4 Å². The van der Waals surface area contributed by atoms with Crippen molar-refractivity contribution in [1.82, 2.24) is 10.6 Å². The SMILES string of the molecule is CC(C)C(C)NC1CCCCC1C1CCCCN1. The lowest BCUT2D eigenvalue weighted by atomic mass is 9.77. The van der Waals surface area contributed by atoms with Gasteiger partial charge >= 0.3 is 0 Å². The highest BCUT2D eigenvalue weighted by molar-refractivity contribution is 4.91. The first kappa shape index (κ1) is 14.3. The third-order valence-corrected chi connectivity index (χ3v) is 5.16. The maximum Gasteiger partial charge on any atom is 0.0113 e. The van der Waals surface area contributed by atoms with Gasteiger partial charge in [0.05, 0.1) is 0 Å². The molecule has 0 aromatic heterocycles. The molecular formula is C16H32N2. The molecule has 0 radical (unpaired) electrons. The van der Waals surface area contributed by atoms with E-state index in [-0.39, 0.29) is 0 Å². The molecule has 1 aliphatic carbocycles. The number of rotatable bonds is 4. The second-order valence-corrected chi connectivity index (χ2v) is 6.81. The van der Waals surface area contributed by atoms with Crippen molar-refractivity contribution < 1.29 is 0 Å². The van der Waals surface area contributed by atoms with E-state index >= 15 is 0 Å². The van der Waals surface area contributed by atoms with Crippen molar-refractivity contribution in [3.63, 3.8) is 0 Å². The van der Waals surface area contributed by atoms with Crippen molar-refractivity contribution >= 4 is 0 Å². The lowest BCUT2D eigenvalue weighted by molar-refractivity contribution is 0.166. The van der Waals surface area contributed by atoms with E-state index in [4.69, 9.17) is 0 Å². The Kier molecular flexibility index (Phi) is 5.50. The fourth-order valence-corrected chi connectivity index (χ4v) is 3.62. The van der Waals surface area contributed by atoms with Gasteiger partial charge in [0.1, 0.15) is 0 Å². The molecule has 1 saturated heterocycles. The summed E-state index contributed by atoms with van der Waals surface area (Å²) < 4.78 is 0. The third kappa shape index (κ3) is 3.71. The number of piperidine rings is 1. The minimum atomic E-state index is 0.652. The lowest BCUT2D eigenvalue weighted by Gasteiger charge is -2.41. The fraction of sp³-hybridized carbons (Fsp3) is 1.00. The zero-order valence-corrected chi connectivity index (χ0v) is 12.5. The van der Waals surface area contributed by atoms with Crippen LogP contribution in [0.3, 0.4) is 0 Å². The van der Waals surface area contributed by atoms with Crippen molar-refractivity contribution in [2.75, 3.05) is 6.54 Å². The first-order chi connectivity index (χ1) is 8.68. The van der Waals surface area contributed by atoms with Gasteiger partial charge in [0.2, 0.25) is 0 Å². The van der Waals surface area contributed by atoms with E-state index in [0.717, 1.165) is 23.9 Å². The van der Waals surface area contributed by atoms with Crippen LogP contribution in [0.4, 0.5) is 0 Å². The average molecular weight is 252 g/mol. The Hall–Kier alpha value is -0.0800.